The minimum absolute atomic E-state index is 0.182. The van der Waals surface area contributed by atoms with Crippen LogP contribution in [0.15, 0.2) is 65.5 Å². The van der Waals surface area contributed by atoms with Gasteiger partial charge in [0.05, 0.1) is 11.8 Å². The molecule has 0 radical (unpaired) electrons. The summed E-state index contributed by atoms with van der Waals surface area (Å²) in [6, 6.07) is 8.55. The number of aromatic nitrogens is 2. The van der Waals surface area contributed by atoms with Crippen LogP contribution in [-0.2, 0) is 6.18 Å². The minimum atomic E-state index is -4.42. The molecule has 0 bridgehead atoms. The van der Waals surface area contributed by atoms with E-state index in [4.69, 9.17) is 4.42 Å². The summed E-state index contributed by atoms with van der Waals surface area (Å²) in [5.74, 6) is 0.614. The lowest BCUT2D eigenvalue weighted by molar-refractivity contribution is -0.137. The molecule has 9 heteroatoms. The van der Waals surface area contributed by atoms with Crippen LogP contribution in [0, 0.1) is 0 Å². The van der Waals surface area contributed by atoms with Gasteiger partial charge in [-0.05, 0) is 42.5 Å². The maximum absolute atomic E-state index is 12.5. The summed E-state index contributed by atoms with van der Waals surface area (Å²) in [5.41, 5.74) is -0.524. The zero-order valence-electron chi connectivity index (χ0n) is 13.4. The van der Waals surface area contributed by atoms with Gasteiger partial charge in [0.2, 0.25) is 0 Å². The Hall–Kier alpha value is -3.23. The molecule has 0 aliphatic carbocycles. The first-order valence-electron chi connectivity index (χ1n) is 7.68. The second-order valence-electron chi connectivity index (χ2n) is 5.43. The van der Waals surface area contributed by atoms with Crippen LogP contribution in [0.2, 0.25) is 0 Å². The maximum Gasteiger partial charge on any atom is 0.416 e. The molecule has 0 saturated carbocycles. The van der Waals surface area contributed by atoms with E-state index in [1.807, 2.05) is 0 Å². The topological polar surface area (TPSA) is 72.1 Å². The number of rotatable bonds is 5. The van der Waals surface area contributed by atoms with E-state index in [2.05, 4.69) is 15.7 Å². The molecular weight excluding hydrogens is 349 g/mol. The SMILES string of the molecule is O=C(NCC(c1ccco1)n1cccn1)Nc1ccc(C(F)(F)F)cc1. The molecule has 0 aliphatic rings. The maximum atomic E-state index is 12.5. The Morgan fingerprint density at radius 1 is 1.19 bits per heavy atom. The van der Waals surface area contributed by atoms with Crippen LogP contribution in [0.3, 0.4) is 0 Å². The molecule has 1 unspecified atom stereocenters. The molecule has 0 spiro atoms. The van der Waals surface area contributed by atoms with Crippen LogP contribution < -0.4 is 10.6 Å². The smallest absolute Gasteiger partial charge is 0.416 e. The number of urea groups is 1. The van der Waals surface area contributed by atoms with E-state index >= 15 is 0 Å². The largest absolute Gasteiger partial charge is 0.467 e. The molecule has 1 atom stereocenters. The molecule has 2 aromatic heterocycles. The molecule has 3 aromatic rings. The van der Waals surface area contributed by atoms with Gasteiger partial charge in [0, 0.05) is 24.6 Å². The summed E-state index contributed by atoms with van der Waals surface area (Å²) in [6.07, 6.45) is 0.454. The van der Waals surface area contributed by atoms with Crippen LogP contribution in [0.1, 0.15) is 17.4 Å². The number of benzene rings is 1. The Labute approximate surface area is 146 Å². The van der Waals surface area contributed by atoms with E-state index in [1.54, 1.807) is 35.3 Å². The third-order valence-electron chi connectivity index (χ3n) is 3.64. The van der Waals surface area contributed by atoms with Crippen LogP contribution in [0.5, 0.6) is 0 Å². The fourth-order valence-electron chi connectivity index (χ4n) is 2.38. The van der Waals surface area contributed by atoms with Gasteiger partial charge in [0.25, 0.3) is 0 Å². The third kappa shape index (κ3) is 4.24. The Bertz CT molecular complexity index is 794. The summed E-state index contributed by atoms with van der Waals surface area (Å²) >= 11 is 0. The van der Waals surface area contributed by atoms with Crippen molar-refractivity contribution in [2.24, 2.45) is 0 Å². The molecule has 2 N–H and O–H groups in total. The third-order valence-corrected chi connectivity index (χ3v) is 3.64. The summed E-state index contributed by atoms with van der Waals surface area (Å²) < 4.78 is 44.6. The van der Waals surface area contributed by atoms with Crippen molar-refractivity contribution in [1.82, 2.24) is 15.1 Å². The fourth-order valence-corrected chi connectivity index (χ4v) is 2.38. The molecule has 26 heavy (non-hydrogen) atoms. The minimum Gasteiger partial charge on any atom is -0.467 e. The van der Waals surface area contributed by atoms with E-state index in [9.17, 15) is 18.0 Å². The van der Waals surface area contributed by atoms with Crippen molar-refractivity contribution < 1.29 is 22.4 Å². The molecule has 0 aliphatic heterocycles. The lowest BCUT2D eigenvalue weighted by Gasteiger charge is -2.16. The van der Waals surface area contributed by atoms with Gasteiger partial charge in [0.1, 0.15) is 11.8 Å². The number of nitrogens with one attached hydrogen (secondary N) is 2. The number of carbonyl (C=O) groups excluding carboxylic acids is 1. The summed E-state index contributed by atoms with van der Waals surface area (Å²) in [4.78, 5) is 12.0. The number of anilines is 1. The Balaban J connectivity index is 1.61. The quantitative estimate of drug-likeness (QED) is 0.721. The van der Waals surface area contributed by atoms with Gasteiger partial charge in [-0.25, -0.2) is 4.79 Å². The monoisotopic (exact) mass is 364 g/mol. The highest BCUT2D eigenvalue weighted by Gasteiger charge is 2.30. The van der Waals surface area contributed by atoms with Crippen molar-refractivity contribution in [2.45, 2.75) is 12.2 Å². The molecule has 0 saturated heterocycles. The van der Waals surface area contributed by atoms with Gasteiger partial charge < -0.3 is 15.1 Å². The van der Waals surface area contributed by atoms with E-state index in [1.165, 1.54) is 18.4 Å². The number of furan rings is 1. The van der Waals surface area contributed by atoms with Crippen LogP contribution >= 0.6 is 0 Å². The van der Waals surface area contributed by atoms with Gasteiger partial charge >= 0.3 is 12.2 Å². The second kappa shape index (κ2) is 7.34. The lowest BCUT2D eigenvalue weighted by atomic mass is 10.2. The van der Waals surface area contributed by atoms with Crippen molar-refractivity contribution in [3.8, 4) is 0 Å². The van der Waals surface area contributed by atoms with E-state index in [0.717, 1.165) is 12.1 Å². The molecule has 6 nitrogen and oxygen atoms in total. The summed E-state index contributed by atoms with van der Waals surface area (Å²) in [6.45, 7) is 0.182. The second-order valence-corrected chi connectivity index (χ2v) is 5.43. The number of nitrogens with zero attached hydrogens (tertiary/aromatic N) is 2. The number of hydrogen-bond donors (Lipinski definition) is 2. The number of carbonyl (C=O) groups is 1. The van der Waals surface area contributed by atoms with Crippen LogP contribution in [0.25, 0.3) is 0 Å². The first kappa shape index (κ1) is 17.6. The van der Waals surface area contributed by atoms with Gasteiger partial charge in [0.15, 0.2) is 0 Å². The normalized spacial score (nSPS) is 12.6. The van der Waals surface area contributed by atoms with E-state index < -0.39 is 17.8 Å². The number of alkyl halides is 3. The van der Waals surface area contributed by atoms with Crippen LogP contribution in [-0.4, -0.2) is 22.4 Å². The Kier molecular flexibility index (Phi) is 4.97. The Morgan fingerprint density at radius 3 is 2.54 bits per heavy atom. The van der Waals surface area contributed by atoms with Crippen molar-refractivity contribution in [3.05, 3.63) is 72.4 Å². The standard InChI is InChI=1S/C17H15F3N4O2/c18-17(19,20)12-4-6-13(7-5-12)23-16(25)21-11-14(15-3-1-10-26-15)24-9-2-8-22-24/h1-10,14H,11H2,(H2,21,23,25). The first-order chi connectivity index (χ1) is 12.4. The highest BCUT2D eigenvalue weighted by molar-refractivity contribution is 5.89. The summed E-state index contributed by atoms with van der Waals surface area (Å²) in [7, 11) is 0. The summed E-state index contributed by atoms with van der Waals surface area (Å²) in [5, 5.41) is 9.29. The van der Waals surface area contributed by atoms with Gasteiger partial charge in [-0.1, -0.05) is 0 Å². The highest BCUT2D eigenvalue weighted by Crippen LogP contribution is 2.29. The fraction of sp³-hybridized carbons (Fsp3) is 0.176. The van der Waals surface area contributed by atoms with Crippen molar-refractivity contribution in [1.29, 1.82) is 0 Å². The van der Waals surface area contributed by atoms with Crippen molar-refractivity contribution in [2.75, 3.05) is 11.9 Å². The molecule has 2 amide bonds. The zero-order chi connectivity index (χ0) is 18.6. The first-order valence-corrected chi connectivity index (χ1v) is 7.68. The highest BCUT2D eigenvalue weighted by atomic mass is 19.4. The number of hydrogen-bond acceptors (Lipinski definition) is 3. The van der Waals surface area contributed by atoms with Crippen molar-refractivity contribution >= 4 is 11.7 Å². The Morgan fingerprint density at radius 2 is 1.96 bits per heavy atom. The molecule has 2 heterocycles. The molecule has 1 aromatic carbocycles. The van der Waals surface area contributed by atoms with Crippen LogP contribution in [0.4, 0.5) is 23.7 Å². The zero-order valence-corrected chi connectivity index (χ0v) is 13.4. The average Bonchev–Trinajstić information content (AvgIpc) is 3.29. The van der Waals surface area contributed by atoms with Gasteiger partial charge in [-0.15, -0.1) is 0 Å². The van der Waals surface area contributed by atoms with Gasteiger partial charge in [-0.2, -0.15) is 18.3 Å². The van der Waals surface area contributed by atoms with E-state index in [0.29, 0.717) is 5.76 Å². The van der Waals surface area contributed by atoms with E-state index in [-0.39, 0.29) is 18.3 Å². The molecule has 3 rings (SSSR count). The number of halogens is 3. The van der Waals surface area contributed by atoms with Gasteiger partial charge in [-0.3, -0.25) is 4.68 Å². The molecular formula is C17H15F3N4O2. The van der Waals surface area contributed by atoms with Crippen molar-refractivity contribution in [3.63, 3.8) is 0 Å². The molecule has 136 valence electrons. The lowest BCUT2D eigenvalue weighted by Crippen LogP contribution is -2.34. The predicted molar refractivity (Wildman–Crippen MR) is 87.5 cm³/mol. The number of amides is 2. The molecule has 0 fully saturated rings. The average molecular weight is 364 g/mol. The predicted octanol–water partition coefficient (Wildman–Crippen LogP) is 3.91.